The van der Waals surface area contributed by atoms with Crippen molar-refractivity contribution < 1.29 is 22.8 Å². The van der Waals surface area contributed by atoms with E-state index in [2.05, 4.69) is 30.7 Å². The highest BCUT2D eigenvalue weighted by atomic mass is 79.9. The number of benzene rings is 1. The molecule has 0 unspecified atom stereocenters. The van der Waals surface area contributed by atoms with Crippen LogP contribution < -0.4 is 10.8 Å². The molecule has 0 atom stereocenters. The SMILES string of the molecule is Cn1cc(C(N)=O)cc1-c1ccnc(N(OC(F)F)c2cc(Br)ccc2F)n1. The van der Waals surface area contributed by atoms with Crippen molar-refractivity contribution in [3.8, 4) is 11.4 Å². The number of hydrogen-bond acceptors (Lipinski definition) is 5. The van der Waals surface area contributed by atoms with Crippen molar-refractivity contribution in [2.75, 3.05) is 5.06 Å². The van der Waals surface area contributed by atoms with Gasteiger partial charge in [-0.3, -0.25) is 4.79 Å². The van der Waals surface area contributed by atoms with Crippen LogP contribution in [0.3, 0.4) is 0 Å². The molecule has 2 heterocycles. The van der Waals surface area contributed by atoms with Gasteiger partial charge in [-0.2, -0.15) is 18.7 Å². The van der Waals surface area contributed by atoms with Crippen molar-refractivity contribution in [3.63, 3.8) is 0 Å². The van der Waals surface area contributed by atoms with Crippen molar-refractivity contribution in [2.45, 2.75) is 6.61 Å². The van der Waals surface area contributed by atoms with Crippen LogP contribution in [0, 0.1) is 5.82 Å². The molecule has 0 fully saturated rings. The zero-order valence-corrected chi connectivity index (χ0v) is 15.9. The Labute approximate surface area is 165 Å². The first-order valence-corrected chi connectivity index (χ1v) is 8.55. The normalized spacial score (nSPS) is 11.1. The molecule has 3 aromatic rings. The third-order valence-corrected chi connectivity index (χ3v) is 4.18. The molecule has 0 radical (unpaired) electrons. The summed E-state index contributed by atoms with van der Waals surface area (Å²) in [5.41, 5.74) is 5.98. The maximum absolute atomic E-state index is 14.2. The topological polar surface area (TPSA) is 86.3 Å². The summed E-state index contributed by atoms with van der Waals surface area (Å²) in [4.78, 5) is 23.9. The molecule has 0 saturated heterocycles. The molecule has 3 rings (SSSR count). The van der Waals surface area contributed by atoms with Crippen LogP contribution in [0.4, 0.5) is 24.8 Å². The van der Waals surface area contributed by atoms with Crippen molar-refractivity contribution in [1.82, 2.24) is 14.5 Å². The van der Waals surface area contributed by atoms with Gasteiger partial charge >= 0.3 is 6.61 Å². The molecule has 0 bridgehead atoms. The highest BCUT2D eigenvalue weighted by Gasteiger charge is 2.23. The van der Waals surface area contributed by atoms with Gasteiger partial charge in [0.1, 0.15) is 11.5 Å². The third-order valence-electron chi connectivity index (χ3n) is 3.69. The quantitative estimate of drug-likeness (QED) is 0.571. The first-order valence-electron chi connectivity index (χ1n) is 7.76. The third kappa shape index (κ3) is 4.15. The molecule has 0 aliphatic heterocycles. The van der Waals surface area contributed by atoms with Crippen molar-refractivity contribution in [1.29, 1.82) is 0 Å². The monoisotopic (exact) mass is 455 g/mol. The predicted octanol–water partition coefficient (Wildman–Crippen LogP) is 3.77. The minimum absolute atomic E-state index is 0.247. The number of amides is 1. The van der Waals surface area contributed by atoms with E-state index in [1.807, 2.05) is 0 Å². The largest absolute Gasteiger partial charge is 0.366 e. The van der Waals surface area contributed by atoms with E-state index in [0.717, 1.165) is 6.07 Å². The zero-order valence-electron chi connectivity index (χ0n) is 14.3. The molecule has 28 heavy (non-hydrogen) atoms. The van der Waals surface area contributed by atoms with Crippen LogP contribution in [0.25, 0.3) is 11.4 Å². The zero-order chi connectivity index (χ0) is 20.4. The van der Waals surface area contributed by atoms with Crippen molar-refractivity contribution in [3.05, 3.63) is 58.6 Å². The highest BCUT2D eigenvalue weighted by molar-refractivity contribution is 9.10. The fraction of sp³-hybridized carbons (Fsp3) is 0.118. The number of halogens is 4. The van der Waals surface area contributed by atoms with Gasteiger partial charge in [-0.1, -0.05) is 15.9 Å². The molecule has 0 aliphatic rings. The Bertz CT molecular complexity index is 1030. The summed E-state index contributed by atoms with van der Waals surface area (Å²) in [5, 5.41) is 0.506. The molecule has 0 aliphatic carbocycles. The molecule has 2 N–H and O–H groups in total. The highest BCUT2D eigenvalue weighted by Crippen LogP contribution is 2.31. The minimum Gasteiger partial charge on any atom is -0.366 e. The van der Waals surface area contributed by atoms with E-state index in [9.17, 15) is 18.0 Å². The number of hydrogen-bond donors (Lipinski definition) is 1. The van der Waals surface area contributed by atoms with Gasteiger partial charge in [0.05, 0.1) is 17.0 Å². The lowest BCUT2D eigenvalue weighted by Crippen LogP contribution is -2.24. The summed E-state index contributed by atoms with van der Waals surface area (Å²) < 4.78 is 42.2. The number of aryl methyl sites for hydroxylation is 1. The molecule has 1 aromatic carbocycles. The number of aromatic nitrogens is 3. The molecule has 1 amide bonds. The van der Waals surface area contributed by atoms with Crippen LogP contribution in [-0.4, -0.2) is 27.1 Å². The van der Waals surface area contributed by atoms with E-state index in [1.165, 1.54) is 36.7 Å². The fourth-order valence-corrected chi connectivity index (χ4v) is 2.82. The second kappa shape index (κ2) is 7.98. The summed E-state index contributed by atoms with van der Waals surface area (Å²) in [7, 11) is 1.66. The second-order valence-corrected chi connectivity index (χ2v) is 6.50. The van der Waals surface area contributed by atoms with Gasteiger partial charge in [0.15, 0.2) is 0 Å². The number of anilines is 2. The number of primary amides is 1. The summed E-state index contributed by atoms with van der Waals surface area (Å²) in [6, 6.07) is 6.74. The van der Waals surface area contributed by atoms with E-state index >= 15 is 0 Å². The van der Waals surface area contributed by atoms with Gasteiger partial charge in [-0.05, 0) is 30.3 Å². The maximum Gasteiger partial charge on any atom is 0.365 e. The van der Waals surface area contributed by atoms with Crippen LogP contribution in [0.2, 0.25) is 0 Å². The Morgan fingerprint density at radius 3 is 2.71 bits per heavy atom. The number of rotatable bonds is 6. The van der Waals surface area contributed by atoms with Gasteiger partial charge in [0.2, 0.25) is 5.91 Å². The first kappa shape index (κ1) is 19.8. The fourth-order valence-electron chi connectivity index (χ4n) is 2.48. The smallest absolute Gasteiger partial charge is 0.365 e. The Morgan fingerprint density at radius 1 is 1.32 bits per heavy atom. The molecular weight excluding hydrogens is 443 g/mol. The van der Waals surface area contributed by atoms with Gasteiger partial charge in [-0.25, -0.2) is 14.4 Å². The number of nitrogens with two attached hydrogens (primary N) is 1. The Balaban J connectivity index is 2.09. The van der Waals surface area contributed by atoms with Gasteiger partial charge in [0, 0.05) is 23.9 Å². The van der Waals surface area contributed by atoms with Crippen LogP contribution in [-0.2, 0) is 11.9 Å². The van der Waals surface area contributed by atoms with E-state index < -0.39 is 18.3 Å². The van der Waals surface area contributed by atoms with Crippen molar-refractivity contribution >= 4 is 33.5 Å². The summed E-state index contributed by atoms with van der Waals surface area (Å²) in [6.07, 6.45) is 2.80. The standard InChI is InChI=1S/C17H13BrF3N5O2/c1-25-8-9(15(22)27)6-14(25)12-4-5-23-17(24-12)26(28-16(20)21)13-7-10(18)2-3-11(13)19/h2-8,16H,1H3,(H2,22,27). The molecule has 7 nitrogen and oxygen atoms in total. The van der Waals surface area contributed by atoms with E-state index in [0.29, 0.717) is 20.9 Å². The second-order valence-electron chi connectivity index (χ2n) is 5.59. The Morgan fingerprint density at radius 2 is 2.07 bits per heavy atom. The molecule has 2 aromatic heterocycles. The summed E-state index contributed by atoms with van der Waals surface area (Å²) in [6.45, 7) is -3.25. The Kier molecular flexibility index (Phi) is 5.66. The van der Waals surface area contributed by atoms with E-state index in [4.69, 9.17) is 5.73 Å². The van der Waals surface area contributed by atoms with Gasteiger partial charge < -0.3 is 10.3 Å². The molecule has 146 valence electrons. The first-order chi connectivity index (χ1) is 13.3. The van der Waals surface area contributed by atoms with Crippen LogP contribution >= 0.6 is 15.9 Å². The summed E-state index contributed by atoms with van der Waals surface area (Å²) in [5.74, 6) is -1.76. The lowest BCUT2D eigenvalue weighted by Gasteiger charge is -2.22. The number of carbonyl (C=O) groups is 1. The molecular formula is C17H13BrF3N5O2. The lowest BCUT2D eigenvalue weighted by atomic mass is 10.2. The predicted molar refractivity (Wildman–Crippen MR) is 98.3 cm³/mol. The van der Waals surface area contributed by atoms with E-state index in [-0.39, 0.29) is 17.2 Å². The average molecular weight is 456 g/mol. The molecule has 11 heteroatoms. The van der Waals surface area contributed by atoms with Crippen LogP contribution in [0.1, 0.15) is 10.4 Å². The van der Waals surface area contributed by atoms with E-state index in [1.54, 1.807) is 11.6 Å². The van der Waals surface area contributed by atoms with Gasteiger partial charge in [-0.15, -0.1) is 0 Å². The molecule has 0 saturated carbocycles. The average Bonchev–Trinajstić information content (AvgIpc) is 3.04. The maximum atomic E-state index is 14.2. The van der Waals surface area contributed by atoms with Gasteiger partial charge in [0.25, 0.3) is 5.95 Å². The van der Waals surface area contributed by atoms with Crippen LogP contribution in [0.5, 0.6) is 0 Å². The number of alkyl halides is 2. The van der Waals surface area contributed by atoms with Crippen LogP contribution in [0.15, 0.2) is 47.2 Å². The molecule has 0 spiro atoms. The number of carbonyl (C=O) groups excluding carboxylic acids is 1. The lowest BCUT2D eigenvalue weighted by molar-refractivity contribution is -0.130. The number of nitrogens with zero attached hydrogens (tertiary/aromatic N) is 4. The summed E-state index contributed by atoms with van der Waals surface area (Å²) >= 11 is 3.16. The van der Waals surface area contributed by atoms with Crippen molar-refractivity contribution in [2.24, 2.45) is 12.8 Å². The minimum atomic E-state index is -3.25. The Hall–Kier alpha value is -2.92.